The van der Waals surface area contributed by atoms with Gasteiger partial charge in [0.2, 0.25) is 5.75 Å². The number of rotatable bonds is 5. The molecule has 122 valence electrons. The highest BCUT2D eigenvalue weighted by Crippen LogP contribution is 2.40. The zero-order valence-electron chi connectivity index (χ0n) is 13.8. The first-order valence-corrected chi connectivity index (χ1v) is 8.01. The Balaban J connectivity index is 1.77. The van der Waals surface area contributed by atoms with Crippen LogP contribution in [0.5, 0.6) is 17.2 Å². The Labute approximate surface area is 132 Å². The van der Waals surface area contributed by atoms with Gasteiger partial charge in [0.25, 0.3) is 0 Å². The van der Waals surface area contributed by atoms with Crippen molar-refractivity contribution in [2.45, 2.75) is 25.4 Å². The molecule has 22 heavy (non-hydrogen) atoms. The number of methoxy groups -OCH3 is 3. The topological polar surface area (TPSA) is 34.2 Å². The number of fused-ring (bicyclic) bond motifs is 1. The van der Waals surface area contributed by atoms with Crippen LogP contribution in [0.15, 0.2) is 12.1 Å². The molecule has 0 spiro atoms. The molecule has 0 aliphatic carbocycles. The van der Waals surface area contributed by atoms with Gasteiger partial charge in [0.05, 0.1) is 21.3 Å². The molecule has 0 bridgehead atoms. The Morgan fingerprint density at radius 3 is 2.55 bits per heavy atom. The molecular formula is C17H26N2O3. The van der Waals surface area contributed by atoms with E-state index in [2.05, 4.69) is 15.9 Å². The van der Waals surface area contributed by atoms with Gasteiger partial charge in [-0.25, -0.2) is 0 Å². The van der Waals surface area contributed by atoms with Crippen LogP contribution in [0, 0.1) is 0 Å². The van der Waals surface area contributed by atoms with E-state index in [1.54, 1.807) is 21.3 Å². The Kier molecular flexibility index (Phi) is 4.74. The van der Waals surface area contributed by atoms with Crippen molar-refractivity contribution in [2.75, 3.05) is 47.5 Å². The van der Waals surface area contributed by atoms with Crippen molar-refractivity contribution in [3.63, 3.8) is 0 Å². The van der Waals surface area contributed by atoms with E-state index in [0.717, 1.165) is 37.0 Å². The second kappa shape index (κ2) is 6.75. The van der Waals surface area contributed by atoms with E-state index in [1.807, 2.05) is 6.07 Å². The molecule has 2 aliphatic heterocycles. The van der Waals surface area contributed by atoms with Crippen LogP contribution in [0.2, 0.25) is 0 Å². The van der Waals surface area contributed by atoms with Gasteiger partial charge in [-0.05, 0) is 25.5 Å². The second-order valence-electron chi connectivity index (χ2n) is 6.06. The standard InChI is InChI=1S/C17H26N2O3/c1-20-15-7-6-13(16(21-2)17(15)22-3)11-18-9-10-19-8-4-5-14(19)12-18/h6-7,14H,4-5,8-12H2,1-3H3. The number of benzene rings is 1. The van der Waals surface area contributed by atoms with Crippen LogP contribution in [-0.4, -0.2) is 63.4 Å². The van der Waals surface area contributed by atoms with Crippen LogP contribution >= 0.6 is 0 Å². The number of hydrogen-bond donors (Lipinski definition) is 0. The minimum absolute atomic E-state index is 0.682. The first-order valence-electron chi connectivity index (χ1n) is 8.01. The summed E-state index contributed by atoms with van der Waals surface area (Å²) in [5, 5.41) is 0. The molecule has 0 saturated carbocycles. The van der Waals surface area contributed by atoms with Crippen molar-refractivity contribution in [3.8, 4) is 17.2 Å². The lowest BCUT2D eigenvalue weighted by molar-refractivity contribution is 0.0986. The van der Waals surface area contributed by atoms with Gasteiger partial charge >= 0.3 is 0 Å². The zero-order valence-corrected chi connectivity index (χ0v) is 13.8. The van der Waals surface area contributed by atoms with Crippen molar-refractivity contribution in [1.82, 2.24) is 9.80 Å². The predicted octanol–water partition coefficient (Wildman–Crippen LogP) is 1.99. The highest BCUT2D eigenvalue weighted by molar-refractivity contribution is 5.55. The summed E-state index contributed by atoms with van der Waals surface area (Å²) in [6, 6.07) is 4.78. The molecular weight excluding hydrogens is 280 g/mol. The molecule has 5 heteroatoms. The van der Waals surface area contributed by atoms with E-state index in [-0.39, 0.29) is 0 Å². The van der Waals surface area contributed by atoms with Crippen LogP contribution in [-0.2, 0) is 6.54 Å². The Hall–Kier alpha value is -1.46. The third-order valence-corrected chi connectivity index (χ3v) is 4.85. The average Bonchev–Trinajstić information content (AvgIpc) is 3.01. The van der Waals surface area contributed by atoms with E-state index in [9.17, 15) is 0 Å². The van der Waals surface area contributed by atoms with E-state index in [0.29, 0.717) is 11.5 Å². The van der Waals surface area contributed by atoms with Gasteiger partial charge in [0, 0.05) is 37.8 Å². The Morgan fingerprint density at radius 1 is 1.00 bits per heavy atom. The highest BCUT2D eigenvalue weighted by Gasteiger charge is 2.31. The third-order valence-electron chi connectivity index (χ3n) is 4.85. The van der Waals surface area contributed by atoms with Gasteiger partial charge in [-0.2, -0.15) is 0 Å². The van der Waals surface area contributed by atoms with Gasteiger partial charge in [0.1, 0.15) is 0 Å². The molecule has 5 nitrogen and oxygen atoms in total. The van der Waals surface area contributed by atoms with Crippen molar-refractivity contribution in [1.29, 1.82) is 0 Å². The quantitative estimate of drug-likeness (QED) is 0.831. The molecule has 2 saturated heterocycles. The first-order chi connectivity index (χ1) is 10.8. The SMILES string of the molecule is COc1ccc(CN2CCN3CCCC3C2)c(OC)c1OC. The summed E-state index contributed by atoms with van der Waals surface area (Å²) < 4.78 is 16.4. The summed E-state index contributed by atoms with van der Waals surface area (Å²) in [5.41, 5.74) is 1.16. The number of nitrogens with zero attached hydrogens (tertiary/aromatic N) is 2. The van der Waals surface area contributed by atoms with Crippen LogP contribution in [0.4, 0.5) is 0 Å². The molecule has 1 atom stereocenters. The molecule has 2 aliphatic rings. The lowest BCUT2D eigenvalue weighted by Gasteiger charge is -2.37. The summed E-state index contributed by atoms with van der Waals surface area (Å²) in [6.07, 6.45) is 2.68. The summed E-state index contributed by atoms with van der Waals surface area (Å²) >= 11 is 0. The highest BCUT2D eigenvalue weighted by atomic mass is 16.5. The fraction of sp³-hybridized carbons (Fsp3) is 0.647. The van der Waals surface area contributed by atoms with Crippen molar-refractivity contribution in [2.24, 2.45) is 0 Å². The predicted molar refractivity (Wildman–Crippen MR) is 86.0 cm³/mol. The number of piperazine rings is 1. The van der Waals surface area contributed by atoms with Crippen molar-refractivity contribution in [3.05, 3.63) is 17.7 Å². The van der Waals surface area contributed by atoms with Crippen LogP contribution in [0.25, 0.3) is 0 Å². The zero-order chi connectivity index (χ0) is 15.5. The maximum absolute atomic E-state index is 5.60. The molecule has 2 heterocycles. The molecule has 2 fully saturated rings. The summed E-state index contributed by atoms with van der Waals surface area (Å²) in [5.74, 6) is 2.18. The van der Waals surface area contributed by atoms with E-state index >= 15 is 0 Å². The fourth-order valence-electron chi connectivity index (χ4n) is 3.73. The molecule has 0 amide bonds. The molecule has 0 N–H and O–H groups in total. The minimum atomic E-state index is 0.682. The Bertz CT molecular complexity index is 521. The fourth-order valence-corrected chi connectivity index (χ4v) is 3.73. The van der Waals surface area contributed by atoms with Crippen molar-refractivity contribution >= 4 is 0 Å². The smallest absolute Gasteiger partial charge is 0.203 e. The van der Waals surface area contributed by atoms with E-state index in [4.69, 9.17) is 14.2 Å². The molecule has 0 radical (unpaired) electrons. The van der Waals surface area contributed by atoms with Gasteiger partial charge in [0.15, 0.2) is 11.5 Å². The van der Waals surface area contributed by atoms with E-state index in [1.165, 1.54) is 25.9 Å². The van der Waals surface area contributed by atoms with Gasteiger partial charge in [-0.3, -0.25) is 9.80 Å². The molecule has 1 aromatic carbocycles. The van der Waals surface area contributed by atoms with Gasteiger partial charge in [-0.1, -0.05) is 6.07 Å². The van der Waals surface area contributed by atoms with Crippen LogP contribution in [0.3, 0.4) is 0 Å². The maximum Gasteiger partial charge on any atom is 0.203 e. The van der Waals surface area contributed by atoms with E-state index < -0.39 is 0 Å². The normalized spacial score (nSPS) is 22.4. The van der Waals surface area contributed by atoms with Gasteiger partial charge < -0.3 is 14.2 Å². The minimum Gasteiger partial charge on any atom is -0.493 e. The maximum atomic E-state index is 5.60. The van der Waals surface area contributed by atoms with Crippen LogP contribution < -0.4 is 14.2 Å². The lowest BCUT2D eigenvalue weighted by atomic mass is 10.1. The van der Waals surface area contributed by atoms with Gasteiger partial charge in [-0.15, -0.1) is 0 Å². The largest absolute Gasteiger partial charge is 0.493 e. The average molecular weight is 306 g/mol. The monoisotopic (exact) mass is 306 g/mol. The number of hydrogen-bond acceptors (Lipinski definition) is 5. The molecule has 0 aromatic heterocycles. The molecule has 1 aromatic rings. The summed E-state index contributed by atoms with van der Waals surface area (Å²) in [7, 11) is 4.99. The lowest BCUT2D eigenvalue weighted by Crippen LogP contribution is -2.49. The van der Waals surface area contributed by atoms with Crippen molar-refractivity contribution < 1.29 is 14.2 Å². The third kappa shape index (κ3) is 2.88. The Morgan fingerprint density at radius 2 is 1.82 bits per heavy atom. The molecule has 3 rings (SSSR count). The summed E-state index contributed by atoms with van der Waals surface area (Å²) in [6.45, 7) is 5.62. The molecule has 1 unspecified atom stereocenters. The second-order valence-corrected chi connectivity index (χ2v) is 6.06. The number of ether oxygens (including phenoxy) is 3. The summed E-state index contributed by atoms with van der Waals surface area (Å²) in [4.78, 5) is 5.15. The first kappa shape index (κ1) is 15.4. The van der Waals surface area contributed by atoms with Crippen LogP contribution in [0.1, 0.15) is 18.4 Å².